The molecule has 7 heteroatoms. The standard InChI is InChI=1S/C16H12N2O5/c19-14(11-4-5-15-16(8-11)23-10-22-15)6-7-17-12-2-1-3-13(9-12)18(20)21/h1-9,17H,10H2/b7-6-. The van der Waals surface area contributed by atoms with Crippen molar-refractivity contribution in [3.63, 3.8) is 0 Å². The number of benzene rings is 2. The Morgan fingerprint density at radius 3 is 2.83 bits per heavy atom. The lowest BCUT2D eigenvalue weighted by atomic mass is 10.1. The summed E-state index contributed by atoms with van der Waals surface area (Å²) in [4.78, 5) is 22.3. The number of nitro groups is 1. The summed E-state index contributed by atoms with van der Waals surface area (Å²) in [6.07, 6.45) is 2.78. The molecule has 0 atom stereocenters. The number of nitrogens with one attached hydrogen (secondary N) is 1. The number of ether oxygens (including phenoxy) is 2. The monoisotopic (exact) mass is 312 g/mol. The molecule has 0 saturated carbocycles. The van der Waals surface area contributed by atoms with E-state index in [1.54, 1.807) is 30.3 Å². The first kappa shape index (κ1) is 14.6. The number of non-ortho nitro benzene ring substituents is 1. The third-order valence-corrected chi connectivity index (χ3v) is 3.20. The van der Waals surface area contributed by atoms with Gasteiger partial charge in [0.15, 0.2) is 17.3 Å². The number of nitrogens with zero attached hydrogens (tertiary/aromatic N) is 1. The minimum atomic E-state index is -0.480. The topological polar surface area (TPSA) is 90.7 Å². The van der Waals surface area contributed by atoms with E-state index in [1.165, 1.54) is 24.4 Å². The molecule has 1 aliphatic rings. The molecule has 0 aliphatic carbocycles. The number of nitro benzene ring substituents is 1. The molecular formula is C16H12N2O5. The van der Waals surface area contributed by atoms with Crippen molar-refractivity contribution in [1.29, 1.82) is 0 Å². The number of ketones is 1. The van der Waals surface area contributed by atoms with E-state index in [9.17, 15) is 14.9 Å². The third kappa shape index (κ3) is 3.29. The maximum Gasteiger partial charge on any atom is 0.271 e. The summed E-state index contributed by atoms with van der Waals surface area (Å²) in [5.74, 6) is 0.928. The van der Waals surface area contributed by atoms with Gasteiger partial charge < -0.3 is 14.8 Å². The molecule has 0 fully saturated rings. The second-order valence-electron chi connectivity index (χ2n) is 4.72. The summed E-state index contributed by atoms with van der Waals surface area (Å²) < 4.78 is 10.4. The highest BCUT2D eigenvalue weighted by Gasteiger charge is 2.15. The number of carbonyl (C=O) groups is 1. The summed E-state index contributed by atoms with van der Waals surface area (Å²) in [5.41, 5.74) is 0.964. The van der Waals surface area contributed by atoms with Crippen molar-refractivity contribution in [2.45, 2.75) is 0 Å². The zero-order chi connectivity index (χ0) is 16.2. The Morgan fingerprint density at radius 1 is 1.17 bits per heavy atom. The maximum atomic E-state index is 12.1. The lowest BCUT2D eigenvalue weighted by Crippen LogP contribution is -1.97. The Hall–Kier alpha value is -3.35. The van der Waals surface area contributed by atoms with Gasteiger partial charge in [-0.3, -0.25) is 14.9 Å². The Balaban J connectivity index is 1.67. The number of anilines is 1. The average molecular weight is 312 g/mol. The van der Waals surface area contributed by atoms with Gasteiger partial charge in [-0.1, -0.05) is 6.07 Å². The van der Waals surface area contributed by atoms with Crippen molar-refractivity contribution < 1.29 is 19.2 Å². The van der Waals surface area contributed by atoms with E-state index >= 15 is 0 Å². The quantitative estimate of drug-likeness (QED) is 0.395. The molecule has 0 bridgehead atoms. The van der Waals surface area contributed by atoms with Gasteiger partial charge >= 0.3 is 0 Å². The predicted molar refractivity (Wildman–Crippen MR) is 82.8 cm³/mol. The maximum absolute atomic E-state index is 12.1. The number of rotatable bonds is 5. The van der Waals surface area contributed by atoms with Gasteiger partial charge in [-0.2, -0.15) is 0 Å². The number of hydrogen-bond acceptors (Lipinski definition) is 6. The van der Waals surface area contributed by atoms with Crippen LogP contribution >= 0.6 is 0 Å². The van der Waals surface area contributed by atoms with Gasteiger partial charge in [0.2, 0.25) is 6.79 Å². The third-order valence-electron chi connectivity index (χ3n) is 3.20. The molecule has 0 radical (unpaired) electrons. The number of fused-ring (bicyclic) bond motifs is 1. The summed E-state index contributed by atoms with van der Waals surface area (Å²) in [6, 6.07) is 11.0. The van der Waals surface area contributed by atoms with Crippen LogP contribution in [0.5, 0.6) is 11.5 Å². The molecular weight excluding hydrogens is 300 g/mol. The van der Waals surface area contributed by atoms with E-state index in [0.717, 1.165) is 0 Å². The molecule has 0 aromatic heterocycles. The number of carbonyl (C=O) groups excluding carboxylic acids is 1. The van der Waals surface area contributed by atoms with Gasteiger partial charge in [0.25, 0.3) is 5.69 Å². The van der Waals surface area contributed by atoms with Crippen LogP contribution in [0.3, 0.4) is 0 Å². The van der Waals surface area contributed by atoms with Gasteiger partial charge in [-0.25, -0.2) is 0 Å². The SMILES string of the molecule is O=C(/C=C\Nc1cccc([N+](=O)[O-])c1)c1ccc2c(c1)OCO2. The molecule has 2 aromatic carbocycles. The molecule has 23 heavy (non-hydrogen) atoms. The highest BCUT2D eigenvalue weighted by atomic mass is 16.7. The van der Waals surface area contributed by atoms with Gasteiger partial charge in [0.1, 0.15) is 0 Å². The first-order chi connectivity index (χ1) is 11.1. The average Bonchev–Trinajstić information content (AvgIpc) is 3.02. The molecule has 2 aromatic rings. The molecule has 0 amide bonds. The van der Waals surface area contributed by atoms with Crippen molar-refractivity contribution in [2.24, 2.45) is 0 Å². The number of allylic oxidation sites excluding steroid dienone is 1. The normalized spacial score (nSPS) is 12.3. The van der Waals surface area contributed by atoms with Crippen LogP contribution in [0.2, 0.25) is 0 Å². The van der Waals surface area contributed by atoms with Crippen molar-refractivity contribution in [3.8, 4) is 11.5 Å². The minimum Gasteiger partial charge on any atom is -0.454 e. The first-order valence-corrected chi connectivity index (χ1v) is 6.75. The largest absolute Gasteiger partial charge is 0.454 e. The van der Waals surface area contributed by atoms with Gasteiger partial charge in [-0.15, -0.1) is 0 Å². The molecule has 0 saturated heterocycles. The van der Waals surface area contributed by atoms with Crippen LogP contribution in [0.1, 0.15) is 10.4 Å². The van der Waals surface area contributed by atoms with Crippen molar-refractivity contribution in [2.75, 3.05) is 12.1 Å². The Bertz CT molecular complexity index is 801. The van der Waals surface area contributed by atoms with Crippen LogP contribution < -0.4 is 14.8 Å². The second-order valence-corrected chi connectivity index (χ2v) is 4.72. The lowest BCUT2D eigenvalue weighted by Gasteiger charge is -2.01. The Labute approximate surface area is 131 Å². The molecule has 7 nitrogen and oxygen atoms in total. The second kappa shape index (κ2) is 6.18. The smallest absolute Gasteiger partial charge is 0.271 e. The van der Waals surface area contributed by atoms with Gasteiger partial charge in [0.05, 0.1) is 4.92 Å². The molecule has 0 spiro atoms. The summed E-state index contributed by atoms with van der Waals surface area (Å²) in [6.45, 7) is 0.150. The fourth-order valence-corrected chi connectivity index (χ4v) is 2.07. The fraction of sp³-hybridized carbons (Fsp3) is 0.0625. The molecule has 0 unspecified atom stereocenters. The van der Waals surface area contributed by atoms with Crippen LogP contribution in [0.4, 0.5) is 11.4 Å². The van der Waals surface area contributed by atoms with Gasteiger partial charge in [0, 0.05) is 35.7 Å². The zero-order valence-corrected chi connectivity index (χ0v) is 11.9. The van der Waals surface area contributed by atoms with E-state index in [4.69, 9.17) is 9.47 Å². The highest BCUT2D eigenvalue weighted by molar-refractivity contribution is 6.05. The Kier molecular flexibility index (Phi) is 3.92. The summed E-state index contributed by atoms with van der Waals surface area (Å²) >= 11 is 0. The predicted octanol–water partition coefficient (Wildman–Crippen LogP) is 3.13. The van der Waals surface area contributed by atoms with E-state index in [1.807, 2.05) is 0 Å². The zero-order valence-electron chi connectivity index (χ0n) is 11.9. The van der Waals surface area contributed by atoms with Crippen molar-refractivity contribution in [1.82, 2.24) is 0 Å². The van der Waals surface area contributed by atoms with Crippen LogP contribution in [0.15, 0.2) is 54.7 Å². The van der Waals surface area contributed by atoms with Crippen LogP contribution in [0, 0.1) is 10.1 Å². The van der Waals surface area contributed by atoms with Crippen LogP contribution in [-0.4, -0.2) is 17.5 Å². The first-order valence-electron chi connectivity index (χ1n) is 6.75. The van der Waals surface area contributed by atoms with Crippen LogP contribution in [0.25, 0.3) is 0 Å². The molecule has 116 valence electrons. The summed E-state index contributed by atoms with van der Waals surface area (Å²) in [5, 5.41) is 13.5. The lowest BCUT2D eigenvalue weighted by molar-refractivity contribution is -0.384. The van der Waals surface area contributed by atoms with Crippen molar-refractivity contribution >= 4 is 17.2 Å². The highest BCUT2D eigenvalue weighted by Crippen LogP contribution is 2.32. The number of hydrogen-bond donors (Lipinski definition) is 1. The molecule has 1 N–H and O–H groups in total. The fourth-order valence-electron chi connectivity index (χ4n) is 2.07. The van der Waals surface area contributed by atoms with E-state index in [-0.39, 0.29) is 18.3 Å². The van der Waals surface area contributed by atoms with Crippen LogP contribution in [-0.2, 0) is 0 Å². The van der Waals surface area contributed by atoms with E-state index in [0.29, 0.717) is 22.7 Å². The molecule has 3 rings (SSSR count). The molecule has 1 heterocycles. The van der Waals surface area contributed by atoms with Gasteiger partial charge in [-0.05, 0) is 24.3 Å². The van der Waals surface area contributed by atoms with E-state index < -0.39 is 4.92 Å². The summed E-state index contributed by atoms with van der Waals surface area (Å²) in [7, 11) is 0. The van der Waals surface area contributed by atoms with E-state index in [2.05, 4.69) is 5.32 Å². The minimum absolute atomic E-state index is 0.0227. The van der Waals surface area contributed by atoms with Crippen molar-refractivity contribution in [3.05, 3.63) is 70.4 Å². The molecule has 1 aliphatic heterocycles. The Morgan fingerprint density at radius 2 is 2.00 bits per heavy atom.